The van der Waals surface area contributed by atoms with Gasteiger partial charge < -0.3 is 13.7 Å². The molecule has 244 valence electrons. The maximum Gasteiger partial charge on any atom is 2.00 e. The van der Waals surface area contributed by atoms with Gasteiger partial charge in [-0.15, -0.1) is 33.9 Å². The summed E-state index contributed by atoms with van der Waals surface area (Å²) in [6.07, 6.45) is 0. The SMILES string of the molecule is CC(C)(C)c1cc(Oc2nc(-n3c4[c-]cccc4c4ccccc43)ccc2C(C)(C)C)[c-]c(-c2cc3sc4cccc5oc(n2)c3c54)c1.[Pt+2]. The van der Waals surface area contributed by atoms with Crippen molar-refractivity contribution >= 4 is 64.6 Å². The van der Waals surface area contributed by atoms with E-state index in [9.17, 15) is 0 Å². The summed E-state index contributed by atoms with van der Waals surface area (Å²) >= 11 is 1.77. The molecule has 9 aromatic rings. The molecule has 0 N–H and O–H groups in total. The molecular formula is C42H33N3O2PtS. The van der Waals surface area contributed by atoms with Gasteiger partial charge in [0.2, 0.25) is 11.6 Å². The number of furan rings is 1. The fourth-order valence-electron chi connectivity index (χ4n) is 6.73. The molecule has 9 rings (SSSR count). The molecule has 49 heavy (non-hydrogen) atoms. The summed E-state index contributed by atoms with van der Waals surface area (Å²) in [5.74, 6) is 1.92. The van der Waals surface area contributed by atoms with E-state index in [0.717, 1.165) is 71.1 Å². The predicted molar refractivity (Wildman–Crippen MR) is 197 cm³/mol. The Hall–Kier alpha value is -4.51. The Morgan fingerprint density at radius 2 is 1.59 bits per heavy atom. The fraction of sp³-hybridized carbons (Fsp3) is 0.190. The van der Waals surface area contributed by atoms with Gasteiger partial charge in [-0.1, -0.05) is 89.5 Å². The van der Waals surface area contributed by atoms with Crippen molar-refractivity contribution in [1.29, 1.82) is 0 Å². The molecule has 0 saturated heterocycles. The number of fused-ring (bicyclic) bond motifs is 3. The van der Waals surface area contributed by atoms with Crippen molar-refractivity contribution in [3.63, 3.8) is 0 Å². The molecule has 0 bridgehead atoms. The van der Waals surface area contributed by atoms with Gasteiger partial charge in [-0.3, -0.25) is 4.98 Å². The van der Waals surface area contributed by atoms with Gasteiger partial charge in [0, 0.05) is 31.6 Å². The summed E-state index contributed by atoms with van der Waals surface area (Å²) in [4.78, 5) is 10.2. The van der Waals surface area contributed by atoms with E-state index in [1.807, 2.05) is 24.3 Å². The van der Waals surface area contributed by atoms with Crippen molar-refractivity contribution in [2.45, 2.75) is 52.4 Å². The molecule has 5 nitrogen and oxygen atoms in total. The van der Waals surface area contributed by atoms with Crippen molar-refractivity contribution in [3.8, 4) is 28.7 Å². The first-order valence-corrected chi connectivity index (χ1v) is 17.1. The molecule has 0 unspecified atom stereocenters. The van der Waals surface area contributed by atoms with Gasteiger partial charge in [0.1, 0.15) is 11.4 Å². The van der Waals surface area contributed by atoms with Crippen LogP contribution < -0.4 is 4.74 Å². The number of thiophene rings is 1. The van der Waals surface area contributed by atoms with Crippen LogP contribution in [0.5, 0.6) is 11.6 Å². The fourth-order valence-corrected chi connectivity index (χ4v) is 7.88. The largest absolute Gasteiger partial charge is 2.00 e. The quantitative estimate of drug-likeness (QED) is 0.166. The summed E-state index contributed by atoms with van der Waals surface area (Å²) in [6.45, 7) is 13.2. The van der Waals surface area contributed by atoms with Crippen molar-refractivity contribution in [2.75, 3.05) is 0 Å². The van der Waals surface area contributed by atoms with Gasteiger partial charge in [-0.2, -0.15) is 29.2 Å². The molecule has 0 saturated carbocycles. The van der Waals surface area contributed by atoms with Crippen LogP contribution >= 0.6 is 11.3 Å². The monoisotopic (exact) mass is 838 g/mol. The number of benzene rings is 4. The molecule has 0 amide bonds. The molecule has 0 aliphatic carbocycles. The second-order valence-corrected chi connectivity index (χ2v) is 15.7. The molecule has 0 atom stereocenters. The molecule has 0 spiro atoms. The van der Waals surface area contributed by atoms with Gasteiger partial charge in [0.15, 0.2) is 0 Å². The van der Waals surface area contributed by atoms with Crippen LogP contribution in [0.1, 0.15) is 52.7 Å². The molecular weight excluding hydrogens is 806 g/mol. The van der Waals surface area contributed by atoms with Crippen LogP contribution in [0.25, 0.3) is 70.3 Å². The van der Waals surface area contributed by atoms with Crippen molar-refractivity contribution < 1.29 is 30.2 Å². The summed E-state index contributed by atoms with van der Waals surface area (Å²) < 4.78 is 17.6. The standard InChI is InChI=1S/C42H33N3O2S.Pt/c1-41(2,3)25-20-24(30-23-35-38-37-33(47-40(38)43-30)16-11-17-34(37)48-35)21-26(22-25)46-39-29(42(4,5)6)18-19-36(44-39)45-31-14-9-7-12-27(31)28-13-8-10-15-32(28)45;/h7-14,16-20,22-23H,1-6H3;/q-2;+2. The number of para-hydroxylation sites is 2. The van der Waals surface area contributed by atoms with Crippen molar-refractivity contribution in [2.24, 2.45) is 0 Å². The minimum Gasteiger partial charge on any atom is -0.459 e. The molecule has 5 heterocycles. The normalized spacial score (nSPS) is 12.5. The third-order valence-corrected chi connectivity index (χ3v) is 10.3. The van der Waals surface area contributed by atoms with E-state index in [-0.39, 0.29) is 31.9 Å². The summed E-state index contributed by atoms with van der Waals surface area (Å²) in [6, 6.07) is 38.4. The third-order valence-electron chi connectivity index (χ3n) is 9.18. The Bertz CT molecular complexity index is 2570. The van der Waals surface area contributed by atoms with E-state index in [2.05, 4.69) is 125 Å². The molecule has 0 aliphatic rings. The van der Waals surface area contributed by atoms with Crippen molar-refractivity contribution in [1.82, 2.24) is 14.5 Å². The summed E-state index contributed by atoms with van der Waals surface area (Å²) in [7, 11) is 0. The van der Waals surface area contributed by atoms with Crippen LogP contribution in [-0.2, 0) is 31.9 Å². The maximum absolute atomic E-state index is 6.83. The average Bonchev–Trinajstić information content (AvgIpc) is 3.73. The second kappa shape index (κ2) is 11.3. The zero-order chi connectivity index (χ0) is 32.9. The smallest absolute Gasteiger partial charge is 0.459 e. The zero-order valence-corrected chi connectivity index (χ0v) is 31.1. The number of nitrogens with zero attached hydrogens (tertiary/aromatic N) is 3. The number of aromatic nitrogens is 3. The number of hydrogen-bond donors (Lipinski definition) is 0. The first-order valence-electron chi connectivity index (χ1n) is 16.2. The molecule has 0 aliphatic heterocycles. The number of hydrogen-bond acceptors (Lipinski definition) is 5. The number of pyridine rings is 2. The van der Waals surface area contributed by atoms with Gasteiger partial charge in [0.05, 0.1) is 5.39 Å². The predicted octanol–water partition coefficient (Wildman–Crippen LogP) is 11.8. The van der Waals surface area contributed by atoms with E-state index in [1.54, 1.807) is 11.3 Å². The van der Waals surface area contributed by atoms with E-state index >= 15 is 0 Å². The van der Waals surface area contributed by atoms with E-state index in [4.69, 9.17) is 19.1 Å². The van der Waals surface area contributed by atoms with Crippen LogP contribution in [0.4, 0.5) is 0 Å². The van der Waals surface area contributed by atoms with E-state index < -0.39 is 0 Å². The second-order valence-electron chi connectivity index (χ2n) is 14.6. The Labute approximate surface area is 303 Å². The number of rotatable bonds is 4. The van der Waals surface area contributed by atoms with Crippen LogP contribution in [0.15, 0.2) is 95.4 Å². The maximum atomic E-state index is 6.83. The van der Waals surface area contributed by atoms with Gasteiger partial charge in [-0.05, 0) is 52.2 Å². The van der Waals surface area contributed by atoms with E-state index in [1.165, 1.54) is 4.70 Å². The summed E-state index contributed by atoms with van der Waals surface area (Å²) in [5.41, 5.74) is 7.00. The first-order chi connectivity index (χ1) is 23.0. The molecule has 7 heteroatoms. The van der Waals surface area contributed by atoms with Crippen LogP contribution in [-0.4, -0.2) is 14.5 Å². The Morgan fingerprint density at radius 1 is 0.776 bits per heavy atom. The zero-order valence-electron chi connectivity index (χ0n) is 28.0. The Kier molecular flexibility index (Phi) is 7.30. The number of ether oxygens (including phenoxy) is 1. The van der Waals surface area contributed by atoms with Crippen LogP contribution in [0.2, 0.25) is 0 Å². The Balaban J connectivity index is 0.00000348. The van der Waals surface area contributed by atoms with Gasteiger partial charge in [-0.25, -0.2) is 0 Å². The molecule has 0 fully saturated rings. The topological polar surface area (TPSA) is 53.1 Å². The van der Waals surface area contributed by atoms with Crippen LogP contribution in [0.3, 0.4) is 0 Å². The first kappa shape index (κ1) is 31.7. The molecule has 4 aromatic carbocycles. The Morgan fingerprint density at radius 3 is 2.41 bits per heavy atom. The van der Waals surface area contributed by atoms with E-state index in [0.29, 0.717) is 17.3 Å². The van der Waals surface area contributed by atoms with Gasteiger partial charge >= 0.3 is 21.1 Å². The van der Waals surface area contributed by atoms with Gasteiger partial charge in [0.25, 0.3) is 0 Å². The molecule has 5 aromatic heterocycles. The minimum absolute atomic E-state index is 0. The van der Waals surface area contributed by atoms with Crippen LogP contribution in [0, 0.1) is 12.1 Å². The average molecular weight is 839 g/mol. The van der Waals surface area contributed by atoms with Crippen molar-refractivity contribution in [3.05, 3.63) is 114 Å². The third kappa shape index (κ3) is 5.16. The minimum atomic E-state index is -0.217. The summed E-state index contributed by atoms with van der Waals surface area (Å²) in [5, 5.41) is 4.55. The molecule has 0 radical (unpaired) electrons.